The number of hydrogen-bond acceptors (Lipinski definition) is 22. The largest absolute Gasteiger partial charge is 0.504 e. The molecule has 5 atom stereocenters. The molecule has 13 N–H and O–H groups in total. The summed E-state index contributed by atoms with van der Waals surface area (Å²) in [5.74, 6) is -17.2. The maximum absolute atomic E-state index is 14.0. The van der Waals surface area contributed by atoms with Crippen LogP contribution in [0.5, 0.6) is 57.5 Å². The summed E-state index contributed by atoms with van der Waals surface area (Å²) in [6.45, 7) is -1.15. The number of aromatic hydroxyl groups is 10. The van der Waals surface area contributed by atoms with Gasteiger partial charge < -0.3 is 89.4 Å². The van der Waals surface area contributed by atoms with Crippen molar-refractivity contribution in [2.75, 3.05) is 6.61 Å². The van der Waals surface area contributed by atoms with Crippen LogP contribution in [-0.4, -0.2) is 116 Å². The van der Waals surface area contributed by atoms with Crippen molar-refractivity contribution in [3.05, 3.63) is 44.1 Å². The van der Waals surface area contributed by atoms with E-state index in [4.69, 9.17) is 23.0 Å². The first-order valence-electron chi connectivity index (χ1n) is 15.7. The number of carbonyl (C=O) groups is 2. The first-order chi connectivity index (χ1) is 26.4. The molecule has 0 amide bonds. The van der Waals surface area contributed by atoms with E-state index in [0.717, 1.165) is 0 Å². The molecule has 290 valence electrons. The van der Waals surface area contributed by atoms with Crippen molar-refractivity contribution in [3.63, 3.8) is 0 Å². The number of benzene rings is 4. The van der Waals surface area contributed by atoms with E-state index in [-0.39, 0.29) is 0 Å². The molecule has 6 aromatic rings. The molecule has 0 aliphatic carbocycles. The van der Waals surface area contributed by atoms with E-state index in [1.807, 2.05) is 0 Å². The molecule has 22 heteroatoms. The molecule has 0 unspecified atom stereocenters. The number of rotatable bonds is 0. The van der Waals surface area contributed by atoms with Gasteiger partial charge in [0.05, 0.1) is 21.9 Å². The van der Waals surface area contributed by atoms with Crippen LogP contribution in [0.15, 0.2) is 30.6 Å². The van der Waals surface area contributed by atoms with Crippen molar-refractivity contribution >= 4 is 44.6 Å². The highest BCUT2D eigenvalue weighted by Gasteiger charge is 2.48. The van der Waals surface area contributed by atoms with Gasteiger partial charge in [-0.25, -0.2) is 19.2 Å². The van der Waals surface area contributed by atoms with Gasteiger partial charge in [-0.2, -0.15) is 0 Å². The Bertz CT molecular complexity index is 2870. The zero-order chi connectivity index (χ0) is 40.6. The van der Waals surface area contributed by atoms with Crippen LogP contribution in [0.25, 0.3) is 55.0 Å². The number of aliphatic hydroxyl groups is 3. The fraction of sp³-hybridized carbons (Fsp3) is 0.176. The third-order valence-electron chi connectivity index (χ3n) is 9.58. The van der Waals surface area contributed by atoms with Crippen LogP contribution in [0, 0.1) is 0 Å². The Balaban J connectivity index is 1.62. The number of phenols is 10. The zero-order valence-electron chi connectivity index (χ0n) is 27.2. The van der Waals surface area contributed by atoms with Crippen molar-refractivity contribution in [3.8, 4) is 79.7 Å². The molecule has 8 rings (SSSR count). The standard InChI is InChI=1S/C34H22O22/c35-6-1-4-9(19(39)17(6)37)11-15-13-14-16(33(50)56-28(13)23(43)21(11)41)12(22(42)24(44)29(14)55-32(15)49)10-5(2-7(36)18(38)20(10)40)31(48)54-27-8(3-52-30(4)47)53-34(51)26(46)25(27)45/h1-2,8,25-27,34-46,51H,3H2/t8-,25-,26+,27+,34+/m1/s1. The molecule has 6 bridgehead atoms. The summed E-state index contributed by atoms with van der Waals surface area (Å²) in [7, 11) is 0. The quantitative estimate of drug-likeness (QED) is 0.0418. The summed E-state index contributed by atoms with van der Waals surface area (Å²) in [6.07, 6.45) is -10.9. The lowest BCUT2D eigenvalue weighted by Crippen LogP contribution is -2.60. The van der Waals surface area contributed by atoms with Crippen molar-refractivity contribution < 1.29 is 99.0 Å². The number of cyclic esters (lactones) is 1. The maximum Gasteiger partial charge on any atom is 0.345 e. The van der Waals surface area contributed by atoms with E-state index in [2.05, 4.69) is 0 Å². The normalized spacial score (nSPS) is 21.3. The molecule has 0 spiro atoms. The molecule has 0 saturated carbocycles. The molecular weight excluding hydrogens is 760 g/mol. The fourth-order valence-electron chi connectivity index (χ4n) is 7.00. The van der Waals surface area contributed by atoms with Crippen molar-refractivity contribution in [2.24, 2.45) is 0 Å². The van der Waals surface area contributed by atoms with E-state index in [1.165, 1.54) is 0 Å². The van der Waals surface area contributed by atoms with E-state index < -0.39 is 184 Å². The minimum absolute atomic E-state index is 0.424. The Kier molecular flexibility index (Phi) is 7.50. The topological polar surface area (TPSA) is 385 Å². The van der Waals surface area contributed by atoms with E-state index in [9.17, 15) is 85.6 Å². The average Bonchev–Trinajstić information content (AvgIpc) is 3.15. The van der Waals surface area contributed by atoms with Crippen LogP contribution in [0.4, 0.5) is 0 Å². The molecule has 1 fully saturated rings. The predicted octanol–water partition coefficient (Wildman–Crippen LogP) is 0.0152. The Hall–Kier alpha value is -7.40. The smallest absolute Gasteiger partial charge is 0.345 e. The number of fused-ring (bicyclic) bond motifs is 5. The van der Waals surface area contributed by atoms with Gasteiger partial charge in [-0.3, -0.25) is 0 Å². The molecular formula is C34H22O22. The second-order valence-corrected chi connectivity index (χ2v) is 12.6. The summed E-state index contributed by atoms with van der Waals surface area (Å²) in [4.78, 5) is 55.4. The van der Waals surface area contributed by atoms with E-state index in [1.54, 1.807) is 0 Å². The number of hydrogen-bond donors (Lipinski definition) is 13. The predicted molar refractivity (Wildman–Crippen MR) is 177 cm³/mol. The van der Waals surface area contributed by atoms with E-state index in [0.29, 0.717) is 12.1 Å². The molecule has 0 radical (unpaired) electrons. The highest BCUT2D eigenvalue weighted by Crippen LogP contribution is 2.58. The van der Waals surface area contributed by atoms with Crippen LogP contribution in [0.1, 0.15) is 20.7 Å². The monoisotopic (exact) mass is 782 g/mol. The number of phenolic OH excluding ortho intramolecular Hbond substituents is 10. The summed E-state index contributed by atoms with van der Waals surface area (Å²) >= 11 is 0. The molecule has 1 saturated heterocycles. The molecule has 56 heavy (non-hydrogen) atoms. The van der Waals surface area contributed by atoms with Crippen LogP contribution in [0.2, 0.25) is 0 Å². The first kappa shape index (κ1) is 35.6. The second-order valence-electron chi connectivity index (χ2n) is 12.6. The zero-order valence-corrected chi connectivity index (χ0v) is 27.2. The fourth-order valence-corrected chi connectivity index (χ4v) is 7.00. The first-order valence-corrected chi connectivity index (χ1v) is 15.7. The third kappa shape index (κ3) is 4.57. The molecule has 2 aromatic heterocycles. The van der Waals surface area contributed by atoms with Gasteiger partial charge >= 0.3 is 23.2 Å². The van der Waals surface area contributed by atoms with Gasteiger partial charge in [0.1, 0.15) is 24.9 Å². The average molecular weight is 783 g/mol. The lowest BCUT2D eigenvalue weighted by molar-refractivity contribution is -0.285. The number of carbonyl (C=O) groups excluding carboxylic acids is 2. The van der Waals surface area contributed by atoms with Crippen molar-refractivity contribution in [1.29, 1.82) is 0 Å². The molecule has 2 aliphatic rings. The lowest BCUT2D eigenvalue weighted by Gasteiger charge is -2.40. The van der Waals surface area contributed by atoms with Gasteiger partial charge in [0, 0.05) is 33.0 Å². The minimum Gasteiger partial charge on any atom is -0.504 e. The summed E-state index contributed by atoms with van der Waals surface area (Å²) < 4.78 is 26.3. The molecule has 4 aromatic carbocycles. The van der Waals surface area contributed by atoms with Gasteiger partial charge in [-0.15, -0.1) is 0 Å². The van der Waals surface area contributed by atoms with Gasteiger partial charge in [-0.05, 0) is 12.1 Å². The van der Waals surface area contributed by atoms with Gasteiger partial charge in [0.15, 0.2) is 58.1 Å². The number of ether oxygens (including phenoxy) is 3. The lowest BCUT2D eigenvalue weighted by atomic mass is 9.88. The Morgan fingerprint density at radius 1 is 0.500 bits per heavy atom. The summed E-state index contributed by atoms with van der Waals surface area (Å²) in [5, 5.41) is 137. The van der Waals surface area contributed by atoms with Crippen LogP contribution in [0.3, 0.4) is 0 Å². The Morgan fingerprint density at radius 2 is 0.929 bits per heavy atom. The van der Waals surface area contributed by atoms with Gasteiger partial charge in [0.25, 0.3) is 0 Å². The number of aliphatic hydroxyl groups excluding tert-OH is 3. The summed E-state index contributed by atoms with van der Waals surface area (Å²) in [5.41, 5.74) is -11.8. The summed E-state index contributed by atoms with van der Waals surface area (Å²) in [6, 6.07) is 0.887. The third-order valence-corrected chi connectivity index (χ3v) is 9.58. The molecule has 2 aliphatic heterocycles. The van der Waals surface area contributed by atoms with E-state index >= 15 is 0 Å². The molecule has 4 heterocycles. The van der Waals surface area contributed by atoms with Crippen molar-refractivity contribution in [1.82, 2.24) is 0 Å². The van der Waals surface area contributed by atoms with Crippen LogP contribution >= 0.6 is 0 Å². The van der Waals surface area contributed by atoms with Crippen LogP contribution < -0.4 is 11.3 Å². The highest BCUT2D eigenvalue weighted by molar-refractivity contribution is 6.29. The minimum atomic E-state index is -2.28. The molecule has 22 nitrogen and oxygen atoms in total. The van der Waals surface area contributed by atoms with Crippen LogP contribution in [-0.2, 0) is 14.2 Å². The van der Waals surface area contributed by atoms with Crippen molar-refractivity contribution in [2.45, 2.75) is 30.7 Å². The second kappa shape index (κ2) is 11.8. The number of esters is 2. The SMILES string of the molecule is O=C1OC[C@H]2O[C@H](O)[C@@H](O)[C@@H](O)[C@H]2OC(=O)c2cc(O)c(O)c(O)c2-c2c(O)c(O)c3oc(=O)c4c(c(O)c(O)c5oc(=O)c2c3c54)-c2c1cc(O)c(O)c2O. The maximum atomic E-state index is 14.0. The highest BCUT2D eigenvalue weighted by atomic mass is 16.7. The van der Waals surface area contributed by atoms with Gasteiger partial charge in [-0.1, -0.05) is 0 Å². The Labute approximate surface area is 304 Å². The Morgan fingerprint density at radius 3 is 1.39 bits per heavy atom. The van der Waals surface area contributed by atoms with Gasteiger partial charge in [0.2, 0.25) is 23.0 Å².